The summed E-state index contributed by atoms with van der Waals surface area (Å²) < 4.78 is 52.6. The molecule has 0 saturated carbocycles. The van der Waals surface area contributed by atoms with Gasteiger partial charge in [-0.15, -0.1) is 0 Å². The highest BCUT2D eigenvalue weighted by Gasteiger charge is 2.34. The Hall–Kier alpha value is -4.37. The molecule has 2 N–H and O–H groups in total. The predicted octanol–water partition coefficient (Wildman–Crippen LogP) is 5.94. The summed E-state index contributed by atoms with van der Waals surface area (Å²) in [5, 5.41) is 23.8. The topological polar surface area (TPSA) is 88.7 Å². The van der Waals surface area contributed by atoms with E-state index in [4.69, 9.17) is 5.26 Å². The Morgan fingerprint density at radius 1 is 0.941 bits per heavy atom. The van der Waals surface area contributed by atoms with Crippen LogP contribution in [-0.2, 0) is 11.0 Å². The van der Waals surface area contributed by atoms with Crippen LogP contribution in [0.3, 0.4) is 0 Å². The van der Waals surface area contributed by atoms with Crippen molar-refractivity contribution in [2.24, 2.45) is 5.92 Å². The molecule has 0 aliphatic carbocycles. The first kappa shape index (κ1) is 24.3. The zero-order valence-corrected chi connectivity index (χ0v) is 17.9. The van der Waals surface area contributed by atoms with Crippen LogP contribution in [0.15, 0.2) is 60.7 Å². The average molecular weight is 466 g/mol. The van der Waals surface area contributed by atoms with Gasteiger partial charge >= 0.3 is 6.18 Å². The fraction of sp³-hybridized carbons (Fsp3) is 0.160. The van der Waals surface area contributed by atoms with Gasteiger partial charge in [0.15, 0.2) is 0 Å². The summed E-state index contributed by atoms with van der Waals surface area (Å²) >= 11 is 0. The Balaban J connectivity index is 1.70. The highest BCUT2D eigenvalue weighted by atomic mass is 19.4. The van der Waals surface area contributed by atoms with E-state index in [2.05, 4.69) is 16.7 Å². The van der Waals surface area contributed by atoms with Gasteiger partial charge in [-0.25, -0.2) is 4.39 Å². The van der Waals surface area contributed by atoms with Gasteiger partial charge in [0.05, 0.1) is 34.7 Å². The lowest BCUT2D eigenvalue weighted by molar-refractivity contribution is -0.137. The van der Waals surface area contributed by atoms with Crippen LogP contribution in [-0.4, -0.2) is 12.5 Å². The molecule has 3 rings (SSSR count). The van der Waals surface area contributed by atoms with Crippen molar-refractivity contribution in [2.45, 2.75) is 13.1 Å². The fourth-order valence-corrected chi connectivity index (χ4v) is 3.20. The van der Waals surface area contributed by atoms with Gasteiger partial charge in [0.1, 0.15) is 5.82 Å². The molecule has 34 heavy (non-hydrogen) atoms. The Kier molecular flexibility index (Phi) is 7.18. The third-order valence-corrected chi connectivity index (χ3v) is 5.07. The van der Waals surface area contributed by atoms with E-state index < -0.39 is 34.9 Å². The van der Waals surface area contributed by atoms with Crippen LogP contribution in [0, 0.1) is 34.4 Å². The predicted molar refractivity (Wildman–Crippen MR) is 119 cm³/mol. The summed E-state index contributed by atoms with van der Waals surface area (Å²) in [6.45, 7) is 1.75. The number of nitrogens with zero attached hydrogens (tertiary/aromatic N) is 2. The van der Waals surface area contributed by atoms with Crippen molar-refractivity contribution < 1.29 is 22.4 Å². The monoisotopic (exact) mass is 466 g/mol. The molecule has 0 aliphatic rings. The number of rotatable bonds is 6. The minimum absolute atomic E-state index is 0.0693. The zero-order valence-electron chi connectivity index (χ0n) is 17.9. The van der Waals surface area contributed by atoms with E-state index >= 15 is 0 Å². The van der Waals surface area contributed by atoms with Gasteiger partial charge in [-0.1, -0.05) is 19.1 Å². The summed E-state index contributed by atoms with van der Waals surface area (Å²) in [7, 11) is 0. The standard InChI is InChI=1S/C25H18F4N4O/c1-15(24(34)33-21-9-5-18(13-31)23(11-21)25(27,28)29)14-32-20-8-4-17(12-30)22(10-20)16-2-6-19(26)7-3-16/h2-11,15,32H,14H2,1H3,(H,33,34). The molecule has 172 valence electrons. The summed E-state index contributed by atoms with van der Waals surface area (Å²) in [5.74, 6) is -1.55. The van der Waals surface area contributed by atoms with Crippen molar-refractivity contribution in [3.8, 4) is 23.3 Å². The Labute approximate surface area is 193 Å². The van der Waals surface area contributed by atoms with Crippen LogP contribution in [0.5, 0.6) is 0 Å². The van der Waals surface area contributed by atoms with Crippen LogP contribution >= 0.6 is 0 Å². The molecule has 1 unspecified atom stereocenters. The molecule has 0 fully saturated rings. The zero-order chi connectivity index (χ0) is 24.9. The van der Waals surface area contributed by atoms with Gasteiger partial charge < -0.3 is 10.6 Å². The molecule has 9 heteroatoms. The number of halogens is 4. The molecule has 3 aromatic rings. The van der Waals surface area contributed by atoms with Gasteiger partial charge in [-0.2, -0.15) is 23.7 Å². The third-order valence-electron chi connectivity index (χ3n) is 5.07. The average Bonchev–Trinajstić information content (AvgIpc) is 2.82. The molecular formula is C25H18F4N4O. The molecule has 0 aliphatic heterocycles. The Morgan fingerprint density at radius 2 is 1.56 bits per heavy atom. The molecule has 0 radical (unpaired) electrons. The molecule has 1 amide bonds. The van der Waals surface area contributed by atoms with E-state index in [0.29, 0.717) is 22.4 Å². The van der Waals surface area contributed by atoms with E-state index in [1.165, 1.54) is 24.3 Å². The van der Waals surface area contributed by atoms with Crippen molar-refractivity contribution in [3.63, 3.8) is 0 Å². The van der Waals surface area contributed by atoms with Gasteiger partial charge in [0, 0.05) is 23.5 Å². The number of alkyl halides is 3. The molecule has 0 saturated heterocycles. The number of anilines is 2. The Bertz CT molecular complexity index is 1290. The normalized spacial score (nSPS) is 11.7. The van der Waals surface area contributed by atoms with E-state index in [1.807, 2.05) is 0 Å². The minimum Gasteiger partial charge on any atom is -0.384 e. The van der Waals surface area contributed by atoms with Crippen LogP contribution in [0.25, 0.3) is 11.1 Å². The smallest absolute Gasteiger partial charge is 0.384 e. The largest absolute Gasteiger partial charge is 0.417 e. The summed E-state index contributed by atoms with van der Waals surface area (Å²) in [4.78, 5) is 12.5. The fourth-order valence-electron chi connectivity index (χ4n) is 3.20. The highest BCUT2D eigenvalue weighted by Crippen LogP contribution is 2.33. The van der Waals surface area contributed by atoms with Gasteiger partial charge in [-0.3, -0.25) is 4.79 Å². The second-order valence-electron chi connectivity index (χ2n) is 7.52. The molecule has 0 heterocycles. The number of nitriles is 2. The molecule has 0 bridgehead atoms. The summed E-state index contributed by atoms with van der Waals surface area (Å²) in [5.41, 5.74) is 0.512. The first-order valence-corrected chi connectivity index (χ1v) is 10.1. The maximum absolute atomic E-state index is 13.2. The Morgan fingerprint density at radius 3 is 2.18 bits per heavy atom. The maximum atomic E-state index is 13.2. The number of carbonyl (C=O) groups is 1. The number of nitrogens with one attached hydrogen (secondary N) is 2. The number of hydrogen-bond acceptors (Lipinski definition) is 4. The summed E-state index contributed by atoms with van der Waals surface area (Å²) in [6.07, 6.45) is -4.73. The van der Waals surface area contributed by atoms with Crippen LogP contribution < -0.4 is 10.6 Å². The van der Waals surface area contributed by atoms with E-state index in [9.17, 15) is 27.6 Å². The van der Waals surface area contributed by atoms with Crippen molar-refractivity contribution >= 4 is 17.3 Å². The van der Waals surface area contributed by atoms with Gasteiger partial charge in [-0.05, 0) is 54.1 Å². The first-order chi connectivity index (χ1) is 16.1. The van der Waals surface area contributed by atoms with E-state index in [-0.39, 0.29) is 12.2 Å². The van der Waals surface area contributed by atoms with E-state index in [0.717, 1.165) is 12.1 Å². The second kappa shape index (κ2) is 10.1. The van der Waals surface area contributed by atoms with Crippen LogP contribution in [0.1, 0.15) is 23.6 Å². The number of hydrogen-bond donors (Lipinski definition) is 2. The lowest BCUT2D eigenvalue weighted by atomic mass is 9.99. The second-order valence-corrected chi connectivity index (χ2v) is 7.52. The molecule has 0 aromatic heterocycles. The van der Waals surface area contributed by atoms with Gasteiger partial charge in [0.25, 0.3) is 0 Å². The lowest BCUT2D eigenvalue weighted by Crippen LogP contribution is -2.26. The molecular weight excluding hydrogens is 448 g/mol. The number of amides is 1. The SMILES string of the molecule is CC(CNc1ccc(C#N)c(-c2ccc(F)cc2)c1)C(=O)Nc1ccc(C#N)c(C(F)(F)F)c1. The first-order valence-electron chi connectivity index (χ1n) is 10.1. The molecule has 0 spiro atoms. The lowest BCUT2D eigenvalue weighted by Gasteiger charge is -2.16. The van der Waals surface area contributed by atoms with Gasteiger partial charge in [0.2, 0.25) is 5.91 Å². The van der Waals surface area contributed by atoms with E-state index in [1.54, 1.807) is 37.3 Å². The molecule has 5 nitrogen and oxygen atoms in total. The van der Waals surface area contributed by atoms with Crippen molar-refractivity contribution in [3.05, 3.63) is 83.2 Å². The third kappa shape index (κ3) is 5.70. The van der Waals surface area contributed by atoms with Crippen LogP contribution in [0.2, 0.25) is 0 Å². The minimum atomic E-state index is -4.73. The number of carbonyl (C=O) groups excluding carboxylic acids is 1. The quantitative estimate of drug-likeness (QED) is 0.440. The highest BCUT2D eigenvalue weighted by molar-refractivity contribution is 5.93. The van der Waals surface area contributed by atoms with Crippen molar-refractivity contribution in [1.82, 2.24) is 0 Å². The molecule has 1 atom stereocenters. The molecule has 3 aromatic carbocycles. The van der Waals surface area contributed by atoms with Crippen molar-refractivity contribution in [1.29, 1.82) is 10.5 Å². The van der Waals surface area contributed by atoms with Crippen LogP contribution in [0.4, 0.5) is 28.9 Å². The van der Waals surface area contributed by atoms with Crippen molar-refractivity contribution in [2.75, 3.05) is 17.2 Å². The summed E-state index contributed by atoms with van der Waals surface area (Å²) in [6, 6.07) is 17.2. The maximum Gasteiger partial charge on any atom is 0.417 e. The number of benzene rings is 3.